The number of carbonyl (C=O) groups is 1. The topological polar surface area (TPSA) is 132 Å². The summed E-state index contributed by atoms with van der Waals surface area (Å²) >= 11 is 0. The van der Waals surface area contributed by atoms with Crippen LogP contribution in [0.4, 0.5) is 11.4 Å². The second-order valence-electron chi connectivity index (χ2n) is 8.45. The summed E-state index contributed by atoms with van der Waals surface area (Å²) in [6.45, 7) is 0.372. The molecule has 1 aliphatic heterocycles. The number of rotatable bonds is 10. The highest BCUT2D eigenvalue weighted by atomic mass is 32.2. The van der Waals surface area contributed by atoms with Crippen molar-refractivity contribution in [1.82, 2.24) is 4.31 Å². The number of para-hydroxylation sites is 1. The van der Waals surface area contributed by atoms with Gasteiger partial charge in [0.05, 0.1) is 38.0 Å². The van der Waals surface area contributed by atoms with E-state index < -0.39 is 32.5 Å². The second-order valence-corrected chi connectivity index (χ2v) is 12.2. The average Bonchev–Trinajstić information content (AvgIpc) is 2.96. The van der Waals surface area contributed by atoms with Crippen LogP contribution in [0, 0.1) is 0 Å². The first kappa shape index (κ1) is 28.4. The number of ether oxygens (including phenoxy) is 3. The first-order chi connectivity index (χ1) is 18.7. The third kappa shape index (κ3) is 6.33. The molecule has 0 unspecified atom stereocenters. The first-order valence-electron chi connectivity index (χ1n) is 11.9. The number of anilines is 2. The minimum absolute atomic E-state index is 0.0247. The van der Waals surface area contributed by atoms with Crippen molar-refractivity contribution in [2.24, 2.45) is 0 Å². The molecule has 3 aromatic carbocycles. The number of methoxy groups -OCH3 is 2. The molecule has 1 aliphatic rings. The first-order valence-corrected chi connectivity index (χ1v) is 14.8. The van der Waals surface area contributed by atoms with Crippen LogP contribution in [0.15, 0.2) is 82.6 Å². The highest BCUT2D eigenvalue weighted by Crippen LogP contribution is 2.31. The Balaban J connectivity index is 1.61. The lowest BCUT2D eigenvalue weighted by molar-refractivity contribution is -0.114. The van der Waals surface area contributed by atoms with Crippen molar-refractivity contribution in [2.75, 3.05) is 56.7 Å². The summed E-state index contributed by atoms with van der Waals surface area (Å²) in [6.07, 6.45) is 0. The quantitative estimate of drug-likeness (QED) is 0.390. The van der Waals surface area contributed by atoms with Crippen LogP contribution in [-0.2, 0) is 29.6 Å². The zero-order valence-electron chi connectivity index (χ0n) is 21.4. The molecule has 11 nitrogen and oxygen atoms in total. The van der Waals surface area contributed by atoms with E-state index >= 15 is 0 Å². The van der Waals surface area contributed by atoms with Crippen molar-refractivity contribution in [3.8, 4) is 11.5 Å². The number of sulfonamides is 2. The predicted octanol–water partition coefficient (Wildman–Crippen LogP) is 2.56. The molecular weight excluding hydrogens is 546 g/mol. The number of carbonyl (C=O) groups excluding carboxylic acids is 1. The van der Waals surface area contributed by atoms with Gasteiger partial charge in [0.2, 0.25) is 15.9 Å². The van der Waals surface area contributed by atoms with Gasteiger partial charge in [0.15, 0.2) is 0 Å². The lowest BCUT2D eigenvalue weighted by Crippen LogP contribution is -2.40. The van der Waals surface area contributed by atoms with Gasteiger partial charge in [-0.3, -0.25) is 9.10 Å². The molecule has 0 saturated carbocycles. The number of benzene rings is 3. The molecule has 1 amide bonds. The minimum atomic E-state index is -4.14. The monoisotopic (exact) mass is 575 g/mol. The fraction of sp³-hybridized carbons (Fsp3) is 0.269. The van der Waals surface area contributed by atoms with E-state index in [1.807, 2.05) is 0 Å². The fourth-order valence-corrected chi connectivity index (χ4v) is 7.01. The standard InChI is InChI=1S/C26H29N3O8S2/c1-35-22-9-11-23(12-10-22)38(31,32)29(21-6-4-3-5-7-21)19-26(30)27-20-8-13-24(36-2)25(18-20)39(33,34)28-14-16-37-17-15-28/h3-13,18H,14-17,19H2,1-2H3,(H,27,30). The number of hydrogen-bond acceptors (Lipinski definition) is 8. The average molecular weight is 576 g/mol. The molecule has 208 valence electrons. The van der Waals surface area contributed by atoms with Crippen molar-refractivity contribution in [1.29, 1.82) is 0 Å². The van der Waals surface area contributed by atoms with Crippen LogP contribution < -0.4 is 19.1 Å². The summed E-state index contributed by atoms with van der Waals surface area (Å²) < 4.78 is 71.6. The van der Waals surface area contributed by atoms with Crippen LogP contribution >= 0.6 is 0 Å². The van der Waals surface area contributed by atoms with Crippen LogP contribution in [0.2, 0.25) is 0 Å². The van der Waals surface area contributed by atoms with Gasteiger partial charge < -0.3 is 19.5 Å². The predicted molar refractivity (Wildman–Crippen MR) is 145 cm³/mol. The van der Waals surface area contributed by atoms with Gasteiger partial charge in [0.25, 0.3) is 10.0 Å². The van der Waals surface area contributed by atoms with E-state index in [0.717, 1.165) is 4.31 Å². The van der Waals surface area contributed by atoms with Gasteiger partial charge in [0, 0.05) is 18.8 Å². The Hall–Kier alpha value is -3.65. The largest absolute Gasteiger partial charge is 0.497 e. The third-order valence-electron chi connectivity index (χ3n) is 6.01. The molecule has 39 heavy (non-hydrogen) atoms. The van der Waals surface area contributed by atoms with Gasteiger partial charge in [-0.05, 0) is 54.6 Å². The Morgan fingerprint density at radius 2 is 1.59 bits per heavy atom. The van der Waals surface area contributed by atoms with Crippen molar-refractivity contribution in [3.05, 3.63) is 72.8 Å². The number of nitrogens with zero attached hydrogens (tertiary/aromatic N) is 2. The summed E-state index contributed by atoms with van der Waals surface area (Å²) in [5.41, 5.74) is 0.455. The highest BCUT2D eigenvalue weighted by molar-refractivity contribution is 7.92. The molecule has 0 bridgehead atoms. The molecule has 1 saturated heterocycles. The van der Waals surface area contributed by atoms with Crippen LogP contribution in [-0.4, -0.2) is 74.1 Å². The van der Waals surface area contributed by atoms with E-state index in [1.165, 1.54) is 61.0 Å². The lowest BCUT2D eigenvalue weighted by atomic mass is 10.3. The van der Waals surface area contributed by atoms with Crippen molar-refractivity contribution in [3.63, 3.8) is 0 Å². The van der Waals surface area contributed by atoms with E-state index in [2.05, 4.69) is 5.32 Å². The Labute approximate surface area is 228 Å². The van der Waals surface area contributed by atoms with Crippen molar-refractivity contribution < 1.29 is 35.8 Å². The summed E-state index contributed by atoms with van der Waals surface area (Å²) in [4.78, 5) is 13.0. The maximum absolute atomic E-state index is 13.6. The molecule has 0 spiro atoms. The maximum atomic E-state index is 13.6. The third-order valence-corrected chi connectivity index (χ3v) is 9.72. The molecule has 0 atom stereocenters. The van der Waals surface area contributed by atoms with Crippen molar-refractivity contribution >= 4 is 37.3 Å². The van der Waals surface area contributed by atoms with Gasteiger partial charge in [0.1, 0.15) is 22.9 Å². The lowest BCUT2D eigenvalue weighted by Gasteiger charge is -2.27. The molecule has 3 aromatic rings. The second kappa shape index (κ2) is 12.0. The molecule has 4 rings (SSSR count). The number of nitrogens with one attached hydrogen (secondary N) is 1. The van der Waals surface area contributed by atoms with Crippen molar-refractivity contribution in [2.45, 2.75) is 9.79 Å². The minimum Gasteiger partial charge on any atom is -0.497 e. The molecular formula is C26H29N3O8S2. The fourth-order valence-electron chi connectivity index (χ4n) is 4.00. The summed E-state index contributed by atoms with van der Waals surface area (Å²) in [6, 6.07) is 18.3. The number of morpholine rings is 1. The zero-order chi connectivity index (χ0) is 28.0. The number of amides is 1. The molecule has 13 heteroatoms. The smallest absolute Gasteiger partial charge is 0.264 e. The van der Waals surface area contributed by atoms with Crippen LogP contribution in [0.3, 0.4) is 0 Å². The maximum Gasteiger partial charge on any atom is 0.264 e. The normalized spacial score (nSPS) is 14.4. The summed E-state index contributed by atoms with van der Waals surface area (Å²) in [5, 5.41) is 2.62. The Morgan fingerprint density at radius 1 is 0.923 bits per heavy atom. The zero-order valence-corrected chi connectivity index (χ0v) is 23.1. The van der Waals surface area contributed by atoms with Gasteiger partial charge in [-0.1, -0.05) is 18.2 Å². The van der Waals surface area contributed by atoms with E-state index in [1.54, 1.807) is 30.3 Å². The summed E-state index contributed by atoms with van der Waals surface area (Å²) in [5.74, 6) is -0.0661. The van der Waals surface area contributed by atoms with E-state index in [0.29, 0.717) is 5.75 Å². The Kier molecular flexibility index (Phi) is 8.75. The van der Waals surface area contributed by atoms with Crippen LogP contribution in [0.5, 0.6) is 11.5 Å². The molecule has 0 aliphatic carbocycles. The van der Waals surface area contributed by atoms with Gasteiger partial charge in [-0.25, -0.2) is 16.8 Å². The molecule has 1 N–H and O–H groups in total. The van der Waals surface area contributed by atoms with Gasteiger partial charge >= 0.3 is 0 Å². The highest BCUT2D eigenvalue weighted by Gasteiger charge is 2.31. The number of hydrogen-bond donors (Lipinski definition) is 1. The van der Waals surface area contributed by atoms with E-state index in [-0.39, 0.29) is 53.2 Å². The van der Waals surface area contributed by atoms with Gasteiger partial charge in [-0.2, -0.15) is 4.31 Å². The Morgan fingerprint density at radius 3 is 2.21 bits per heavy atom. The molecule has 1 heterocycles. The Bertz CT molecular complexity index is 1510. The SMILES string of the molecule is COc1ccc(S(=O)(=O)N(CC(=O)Nc2ccc(OC)c(S(=O)(=O)N3CCOCC3)c2)c2ccccc2)cc1. The summed E-state index contributed by atoms with van der Waals surface area (Å²) in [7, 11) is -5.25. The van der Waals surface area contributed by atoms with E-state index in [4.69, 9.17) is 14.2 Å². The van der Waals surface area contributed by atoms with Crippen LogP contribution in [0.1, 0.15) is 0 Å². The van der Waals surface area contributed by atoms with Gasteiger partial charge in [-0.15, -0.1) is 0 Å². The molecule has 0 radical (unpaired) electrons. The molecule has 1 fully saturated rings. The van der Waals surface area contributed by atoms with Crippen LogP contribution in [0.25, 0.3) is 0 Å². The van der Waals surface area contributed by atoms with E-state index in [9.17, 15) is 21.6 Å². The molecule has 0 aromatic heterocycles.